The van der Waals surface area contributed by atoms with Gasteiger partial charge in [0, 0.05) is 8.41 Å². The zero-order valence-corrected chi connectivity index (χ0v) is 11.3. The molecule has 0 saturated carbocycles. The summed E-state index contributed by atoms with van der Waals surface area (Å²) in [4.78, 5) is 0. The van der Waals surface area contributed by atoms with Crippen LogP contribution in [0.3, 0.4) is 0 Å². The summed E-state index contributed by atoms with van der Waals surface area (Å²) in [7, 11) is -0.510. The highest BCUT2D eigenvalue weighted by Crippen LogP contribution is 2.39. The second-order valence-corrected chi connectivity index (χ2v) is 10.4. The first-order chi connectivity index (χ1) is 6.23. The average molecular weight is 206 g/mol. The van der Waals surface area contributed by atoms with Crippen LogP contribution in [0, 0.1) is 0 Å². The van der Waals surface area contributed by atoms with Crippen LogP contribution in [-0.2, 0) is 0 Å². The van der Waals surface area contributed by atoms with Crippen LogP contribution >= 0.6 is 0 Å². The van der Waals surface area contributed by atoms with Crippen molar-refractivity contribution in [3.63, 3.8) is 0 Å². The van der Waals surface area contributed by atoms with E-state index >= 15 is 0 Å². The van der Waals surface area contributed by atoms with E-state index in [1.54, 1.807) is 5.17 Å². The van der Waals surface area contributed by atoms with E-state index in [1.165, 1.54) is 0 Å². The predicted octanol–water partition coefficient (Wildman–Crippen LogP) is 3.96. The van der Waals surface area contributed by atoms with Crippen molar-refractivity contribution in [2.75, 3.05) is 0 Å². The van der Waals surface area contributed by atoms with Gasteiger partial charge >= 0.3 is 0 Å². The van der Waals surface area contributed by atoms with E-state index in [0.717, 1.165) is 0 Å². The van der Waals surface area contributed by atoms with Gasteiger partial charge in [0.05, 0.1) is 0 Å². The Hall–Kier alpha value is -0.433. The lowest BCUT2D eigenvalue weighted by Crippen LogP contribution is -2.32. The van der Waals surface area contributed by atoms with E-state index in [4.69, 9.17) is 0 Å². The molecule has 0 aromatic heterocycles. The molecule has 0 amide bonds. The maximum atomic E-state index is 2.37. The van der Waals surface area contributed by atoms with E-state index in [0.29, 0.717) is 10.1 Å². The number of rotatable bonds is 0. The fraction of sp³-hybridized carbons (Fsp3) is 0.615. The monoisotopic (exact) mass is 206 g/mol. The first kappa shape index (κ1) is 11.6. The predicted molar refractivity (Wildman–Crippen MR) is 68.5 cm³/mol. The molecule has 1 aliphatic rings. The molecule has 0 spiro atoms. The molecule has 0 atom stereocenters. The van der Waals surface area contributed by atoms with E-state index in [1.807, 2.05) is 0 Å². The fourth-order valence-corrected chi connectivity index (χ4v) is 7.04. The summed E-state index contributed by atoms with van der Waals surface area (Å²) in [6, 6.07) is 0. The molecule has 0 radical (unpaired) electrons. The molecule has 0 fully saturated rings. The number of hydrogen-bond acceptors (Lipinski definition) is 0. The van der Waals surface area contributed by atoms with Gasteiger partial charge in [-0.2, -0.15) is 0 Å². The summed E-state index contributed by atoms with van der Waals surface area (Å²) in [5, 5.41) is 2.43. The first-order valence-corrected chi connectivity index (χ1v) is 6.83. The van der Waals surface area contributed by atoms with Crippen molar-refractivity contribution in [2.45, 2.75) is 51.6 Å². The maximum Gasteiger partial charge on any atom is 0.0307 e. The lowest BCUT2D eigenvalue weighted by molar-refractivity contribution is 0.663. The van der Waals surface area contributed by atoms with Gasteiger partial charge in [-0.25, -0.2) is 0 Å². The third-order valence-corrected chi connectivity index (χ3v) is 6.36. The van der Waals surface area contributed by atoms with Crippen LogP contribution in [0.5, 0.6) is 0 Å². The van der Waals surface area contributed by atoms with Crippen LogP contribution in [0.1, 0.15) is 41.5 Å². The van der Waals surface area contributed by atoms with Crippen molar-refractivity contribution in [1.82, 2.24) is 0 Å². The summed E-state index contributed by atoms with van der Waals surface area (Å²) in [6.45, 7) is 14.2. The van der Waals surface area contributed by atoms with Crippen LogP contribution in [0.15, 0.2) is 24.3 Å². The molecule has 0 aromatic carbocycles. The van der Waals surface area contributed by atoms with Gasteiger partial charge in [0.1, 0.15) is 0 Å². The van der Waals surface area contributed by atoms with Crippen LogP contribution in [0.25, 0.3) is 0 Å². The molecule has 0 heterocycles. The third-order valence-electron chi connectivity index (χ3n) is 2.45. The minimum atomic E-state index is -0.510. The molecule has 0 bridgehead atoms. The Bertz CT molecular complexity index is 273. The summed E-state index contributed by atoms with van der Waals surface area (Å²) in [6.07, 6.45) is 8.92. The van der Waals surface area contributed by atoms with Crippen molar-refractivity contribution >= 4 is 13.6 Å². The van der Waals surface area contributed by atoms with Gasteiger partial charge in [0.2, 0.25) is 0 Å². The van der Waals surface area contributed by atoms with E-state index < -0.39 is 8.41 Å². The minimum absolute atomic E-state index is 0.428. The van der Waals surface area contributed by atoms with E-state index in [-0.39, 0.29) is 0 Å². The fourth-order valence-electron chi connectivity index (χ4n) is 2.53. The number of allylic oxidation sites excluding steroid dienone is 4. The van der Waals surface area contributed by atoms with Gasteiger partial charge in [0.25, 0.3) is 0 Å². The average Bonchev–Trinajstić information content (AvgIpc) is 2.31. The lowest BCUT2D eigenvalue weighted by Gasteiger charge is -2.34. The molecule has 0 aliphatic heterocycles. The van der Waals surface area contributed by atoms with Gasteiger partial charge in [-0.15, -0.1) is 0 Å². The Morgan fingerprint density at radius 3 is 1.43 bits per heavy atom. The summed E-state index contributed by atoms with van der Waals surface area (Å²) in [5.74, 6) is 0. The molecule has 14 heavy (non-hydrogen) atoms. The lowest BCUT2D eigenvalue weighted by atomic mass is 10.2. The second kappa shape index (κ2) is 3.61. The Balaban J connectivity index is 3.27. The van der Waals surface area contributed by atoms with E-state index in [2.05, 4.69) is 65.8 Å². The molecule has 1 heteroatoms. The molecule has 0 saturated heterocycles. The summed E-state index contributed by atoms with van der Waals surface area (Å²) >= 11 is 0. The van der Waals surface area contributed by atoms with Gasteiger partial charge in [-0.1, -0.05) is 65.8 Å². The third kappa shape index (κ3) is 2.54. The molecule has 0 N–H and O–H groups in total. The van der Waals surface area contributed by atoms with Gasteiger partial charge < -0.3 is 0 Å². The minimum Gasteiger partial charge on any atom is -0.0621 e. The zero-order chi connectivity index (χ0) is 11.0. The molecule has 0 aromatic rings. The Morgan fingerprint density at radius 2 is 1.14 bits per heavy atom. The van der Waals surface area contributed by atoms with Gasteiger partial charge in [-0.3, -0.25) is 0 Å². The van der Waals surface area contributed by atoms with Crippen LogP contribution < -0.4 is 0 Å². The van der Waals surface area contributed by atoms with Crippen molar-refractivity contribution in [2.24, 2.45) is 0 Å². The Morgan fingerprint density at radius 1 is 0.786 bits per heavy atom. The zero-order valence-electron chi connectivity index (χ0n) is 10.3. The molecule has 1 rings (SSSR count). The van der Waals surface area contributed by atoms with Crippen molar-refractivity contribution in [3.8, 4) is 0 Å². The smallest absolute Gasteiger partial charge is 0.0307 e. The summed E-state index contributed by atoms with van der Waals surface area (Å²) < 4.78 is 0. The maximum absolute atomic E-state index is 2.37. The summed E-state index contributed by atoms with van der Waals surface area (Å²) in [5.41, 5.74) is 0. The highest BCUT2D eigenvalue weighted by Gasteiger charge is 2.31. The van der Waals surface area contributed by atoms with E-state index in [9.17, 15) is 0 Å². The normalized spacial score (nSPS) is 16.6. The second-order valence-electron chi connectivity index (χ2n) is 6.05. The molecule has 0 unspecified atom stereocenters. The molecular weight excluding hydrogens is 184 g/mol. The quantitative estimate of drug-likeness (QED) is 0.526. The molecule has 78 valence electrons. The van der Waals surface area contributed by atoms with Crippen molar-refractivity contribution < 1.29 is 0 Å². The highest BCUT2D eigenvalue weighted by molar-refractivity contribution is 6.79. The SMILES string of the molecule is CC(C)(C)[Si](=C1C=CC=C1)C(C)(C)C. The largest absolute Gasteiger partial charge is 0.0621 e. The van der Waals surface area contributed by atoms with Gasteiger partial charge in [0.15, 0.2) is 0 Å². The highest BCUT2D eigenvalue weighted by atomic mass is 28.2. The standard InChI is InChI=1S/C13H22Si/c1-12(2,3)14(13(4,5)6)11-9-7-8-10-11/h7-10H,1-6H3. The number of hydrogen-bond donors (Lipinski definition) is 0. The molecular formula is C13H22Si. The van der Waals surface area contributed by atoms with Crippen LogP contribution in [0.4, 0.5) is 0 Å². The van der Waals surface area contributed by atoms with Crippen LogP contribution in [0.2, 0.25) is 10.1 Å². The Kier molecular flexibility index (Phi) is 3.01. The van der Waals surface area contributed by atoms with Crippen LogP contribution in [-0.4, -0.2) is 13.6 Å². The first-order valence-electron chi connectivity index (χ1n) is 5.33. The molecule has 1 aliphatic carbocycles. The topological polar surface area (TPSA) is 0 Å². The van der Waals surface area contributed by atoms with Gasteiger partial charge in [-0.05, 0) is 15.2 Å². The molecule has 0 nitrogen and oxygen atoms in total. The van der Waals surface area contributed by atoms with Crippen molar-refractivity contribution in [3.05, 3.63) is 24.3 Å². The van der Waals surface area contributed by atoms with Crippen molar-refractivity contribution in [1.29, 1.82) is 0 Å². The Labute approximate surface area is 90.0 Å².